The Morgan fingerprint density at radius 1 is 1.13 bits per heavy atom. The van der Waals surface area contributed by atoms with E-state index in [-0.39, 0.29) is 36.6 Å². The van der Waals surface area contributed by atoms with Crippen LogP contribution in [0.25, 0.3) is 0 Å². The van der Waals surface area contributed by atoms with E-state index in [1.54, 1.807) is 19.4 Å². The normalized spacial score (nSPS) is 16.6. The minimum absolute atomic E-state index is 0. The molecule has 1 fully saturated rings. The number of halogens is 4. The number of guanidine groups is 1. The average molecular weight is 536 g/mol. The first-order valence-electron chi connectivity index (χ1n) is 9.85. The lowest BCUT2D eigenvalue weighted by Crippen LogP contribution is -2.44. The van der Waals surface area contributed by atoms with Gasteiger partial charge in [0.25, 0.3) is 0 Å². The molecule has 2 N–H and O–H groups in total. The molecule has 5 nitrogen and oxygen atoms in total. The van der Waals surface area contributed by atoms with Crippen LogP contribution in [0.3, 0.4) is 0 Å². The molecule has 0 amide bonds. The number of hydrogen-bond acceptors (Lipinski definition) is 3. The molecule has 3 rings (SSSR count). The molecule has 2 aromatic rings. The lowest BCUT2D eigenvalue weighted by molar-refractivity contribution is -0.137. The van der Waals surface area contributed by atoms with Crippen LogP contribution in [0.1, 0.15) is 42.2 Å². The maximum atomic E-state index is 12.9. The molecule has 9 heteroatoms. The molecule has 1 aliphatic heterocycles. The largest absolute Gasteiger partial charge is 0.468 e. The molecule has 0 aliphatic carbocycles. The first-order valence-corrected chi connectivity index (χ1v) is 9.85. The first kappa shape index (κ1) is 24.5. The Bertz CT molecular complexity index is 790. The molecular weight excluding hydrogens is 508 g/mol. The highest BCUT2D eigenvalue weighted by Gasteiger charge is 2.30. The van der Waals surface area contributed by atoms with Crippen LogP contribution < -0.4 is 10.6 Å². The third kappa shape index (κ3) is 6.90. The monoisotopic (exact) mass is 536 g/mol. The fraction of sp³-hybridized carbons (Fsp3) is 0.476. The number of benzene rings is 1. The zero-order valence-corrected chi connectivity index (χ0v) is 19.2. The van der Waals surface area contributed by atoms with Crippen molar-refractivity contribution >= 4 is 29.9 Å². The second-order valence-electron chi connectivity index (χ2n) is 7.13. The lowest BCUT2D eigenvalue weighted by atomic mass is 10.1. The number of alkyl halides is 3. The van der Waals surface area contributed by atoms with Gasteiger partial charge in [0.05, 0.1) is 17.9 Å². The smallest absolute Gasteiger partial charge is 0.416 e. The third-order valence-corrected chi connectivity index (χ3v) is 5.10. The van der Waals surface area contributed by atoms with Gasteiger partial charge in [-0.1, -0.05) is 18.6 Å². The summed E-state index contributed by atoms with van der Waals surface area (Å²) in [6, 6.07) is 9.24. The summed E-state index contributed by atoms with van der Waals surface area (Å²) in [5.74, 6) is 1.43. The van der Waals surface area contributed by atoms with Crippen molar-refractivity contribution in [3.8, 4) is 0 Å². The summed E-state index contributed by atoms with van der Waals surface area (Å²) in [6.07, 6.45) is 0.905. The summed E-state index contributed by atoms with van der Waals surface area (Å²) in [4.78, 5) is 6.59. The summed E-state index contributed by atoms with van der Waals surface area (Å²) < 4.78 is 44.3. The summed E-state index contributed by atoms with van der Waals surface area (Å²) in [5.41, 5.74) is -0.107. The van der Waals surface area contributed by atoms with Gasteiger partial charge >= 0.3 is 6.18 Å². The number of rotatable bonds is 6. The van der Waals surface area contributed by atoms with Crippen LogP contribution in [0, 0.1) is 0 Å². The van der Waals surface area contributed by atoms with Crippen LogP contribution in [0.15, 0.2) is 52.1 Å². The summed E-state index contributed by atoms with van der Waals surface area (Å²) >= 11 is 0. The van der Waals surface area contributed by atoms with Crippen molar-refractivity contribution < 1.29 is 17.6 Å². The van der Waals surface area contributed by atoms with Gasteiger partial charge in [-0.15, -0.1) is 24.0 Å². The topological polar surface area (TPSA) is 52.8 Å². The molecule has 0 spiro atoms. The Morgan fingerprint density at radius 3 is 2.53 bits per heavy atom. The van der Waals surface area contributed by atoms with E-state index >= 15 is 0 Å². The molecule has 0 saturated carbocycles. The van der Waals surface area contributed by atoms with Gasteiger partial charge in [-0.25, -0.2) is 0 Å². The molecule has 166 valence electrons. The standard InChI is InChI=1S/C21H27F3N4O.HI/c1-25-20(26-14-16-7-5-8-17(13-16)21(22,23)24)27-15-18(19-9-6-12-29-19)28-10-3-2-4-11-28;/h5-9,12-13,18H,2-4,10-11,14-15H2,1H3,(H2,25,26,27);1H. The van der Waals surface area contributed by atoms with Crippen molar-refractivity contribution in [3.63, 3.8) is 0 Å². The highest BCUT2D eigenvalue weighted by molar-refractivity contribution is 14.0. The molecule has 1 atom stereocenters. The van der Waals surface area contributed by atoms with Crippen molar-refractivity contribution in [2.75, 3.05) is 26.7 Å². The van der Waals surface area contributed by atoms with Crippen LogP contribution in [0.2, 0.25) is 0 Å². The first-order chi connectivity index (χ1) is 14.0. The van der Waals surface area contributed by atoms with Crippen molar-refractivity contribution in [3.05, 3.63) is 59.5 Å². The van der Waals surface area contributed by atoms with E-state index in [0.717, 1.165) is 31.0 Å². The van der Waals surface area contributed by atoms with Crippen molar-refractivity contribution in [2.24, 2.45) is 4.99 Å². The van der Waals surface area contributed by atoms with Gasteiger partial charge in [-0.3, -0.25) is 9.89 Å². The summed E-state index contributed by atoms with van der Waals surface area (Å²) in [6.45, 7) is 2.88. The van der Waals surface area contributed by atoms with Gasteiger partial charge in [0.1, 0.15) is 5.76 Å². The van der Waals surface area contributed by atoms with Crippen LogP contribution >= 0.6 is 24.0 Å². The SMILES string of the molecule is CN=C(NCc1cccc(C(F)(F)F)c1)NCC(c1ccco1)N1CCCCC1.I. The van der Waals surface area contributed by atoms with Crippen molar-refractivity contribution in [1.82, 2.24) is 15.5 Å². The number of furan rings is 1. The maximum absolute atomic E-state index is 12.9. The predicted octanol–water partition coefficient (Wildman–Crippen LogP) is 4.81. The Morgan fingerprint density at radius 2 is 1.90 bits per heavy atom. The van der Waals surface area contributed by atoms with Gasteiger partial charge in [-0.05, 0) is 55.8 Å². The van der Waals surface area contributed by atoms with E-state index in [4.69, 9.17) is 4.42 Å². The Kier molecular flexibility index (Phi) is 9.47. The Balaban J connectivity index is 0.00000320. The van der Waals surface area contributed by atoms with E-state index in [1.165, 1.54) is 25.3 Å². The number of piperidine rings is 1. The molecule has 0 radical (unpaired) electrons. The second-order valence-corrected chi connectivity index (χ2v) is 7.13. The molecule has 30 heavy (non-hydrogen) atoms. The van der Waals surface area contributed by atoms with Gasteiger partial charge in [-0.2, -0.15) is 13.2 Å². The fourth-order valence-corrected chi connectivity index (χ4v) is 3.58. The Labute approximate surface area is 192 Å². The number of nitrogens with one attached hydrogen (secondary N) is 2. The molecule has 1 unspecified atom stereocenters. The molecule has 0 bridgehead atoms. The third-order valence-electron chi connectivity index (χ3n) is 5.10. The lowest BCUT2D eigenvalue weighted by Gasteiger charge is -2.33. The van der Waals surface area contributed by atoms with Gasteiger partial charge in [0.15, 0.2) is 5.96 Å². The van der Waals surface area contributed by atoms with Gasteiger partial charge in [0.2, 0.25) is 0 Å². The molecule has 1 aliphatic rings. The van der Waals surface area contributed by atoms with E-state index in [1.807, 2.05) is 12.1 Å². The van der Waals surface area contributed by atoms with Gasteiger partial charge in [0, 0.05) is 20.1 Å². The number of likely N-dealkylation sites (tertiary alicyclic amines) is 1. The fourth-order valence-electron chi connectivity index (χ4n) is 3.58. The predicted molar refractivity (Wildman–Crippen MR) is 122 cm³/mol. The minimum atomic E-state index is -4.35. The number of hydrogen-bond donors (Lipinski definition) is 2. The van der Waals surface area contributed by atoms with E-state index in [9.17, 15) is 13.2 Å². The zero-order valence-electron chi connectivity index (χ0n) is 16.9. The van der Waals surface area contributed by atoms with Crippen molar-refractivity contribution in [1.29, 1.82) is 0 Å². The molecular formula is C21H28F3IN4O. The van der Waals surface area contributed by atoms with Crippen LogP contribution in [0.5, 0.6) is 0 Å². The molecule has 1 aromatic heterocycles. The van der Waals surface area contributed by atoms with Crippen LogP contribution in [-0.2, 0) is 12.7 Å². The summed E-state index contributed by atoms with van der Waals surface area (Å²) in [5, 5.41) is 6.38. The Hall–Kier alpha value is -1.75. The average Bonchev–Trinajstić information content (AvgIpc) is 3.25. The minimum Gasteiger partial charge on any atom is -0.468 e. The van der Waals surface area contributed by atoms with E-state index in [0.29, 0.717) is 18.1 Å². The van der Waals surface area contributed by atoms with Crippen LogP contribution in [0.4, 0.5) is 13.2 Å². The molecule has 2 heterocycles. The van der Waals surface area contributed by atoms with E-state index in [2.05, 4.69) is 20.5 Å². The van der Waals surface area contributed by atoms with Crippen molar-refractivity contribution in [2.45, 2.75) is 38.0 Å². The zero-order chi connectivity index (χ0) is 20.7. The van der Waals surface area contributed by atoms with Crippen LogP contribution in [-0.4, -0.2) is 37.5 Å². The summed E-state index contributed by atoms with van der Waals surface area (Å²) in [7, 11) is 1.64. The number of aliphatic imine (C=N–C) groups is 1. The quantitative estimate of drug-likeness (QED) is 0.316. The molecule has 1 saturated heterocycles. The second kappa shape index (κ2) is 11.6. The molecule has 1 aromatic carbocycles. The highest BCUT2D eigenvalue weighted by atomic mass is 127. The number of nitrogens with zero attached hydrogens (tertiary/aromatic N) is 2. The van der Waals surface area contributed by atoms with E-state index < -0.39 is 11.7 Å². The van der Waals surface area contributed by atoms with Gasteiger partial charge < -0.3 is 15.1 Å². The highest BCUT2D eigenvalue weighted by Crippen LogP contribution is 2.29. The maximum Gasteiger partial charge on any atom is 0.416 e.